The number of rotatable bonds is 4. The van der Waals surface area contributed by atoms with Crippen molar-refractivity contribution in [3.8, 4) is 0 Å². The van der Waals surface area contributed by atoms with Gasteiger partial charge in [0.2, 0.25) is 0 Å². The third-order valence-corrected chi connectivity index (χ3v) is 2.90. The van der Waals surface area contributed by atoms with Gasteiger partial charge in [0, 0.05) is 23.9 Å². The summed E-state index contributed by atoms with van der Waals surface area (Å²) in [5.41, 5.74) is 0.433. The zero-order valence-corrected chi connectivity index (χ0v) is 10.8. The maximum Gasteiger partial charge on any atom is 0.335 e. The van der Waals surface area contributed by atoms with Crippen LogP contribution in [0.15, 0.2) is 30.6 Å². The van der Waals surface area contributed by atoms with E-state index < -0.39 is 11.8 Å². The molecule has 100 valence electrons. The first-order valence-corrected chi connectivity index (χ1v) is 6.01. The molecule has 0 atom stereocenters. The summed E-state index contributed by atoms with van der Waals surface area (Å²) in [4.78, 5) is 15.1. The van der Waals surface area contributed by atoms with Gasteiger partial charge in [-0.1, -0.05) is 13.8 Å². The van der Waals surface area contributed by atoms with Gasteiger partial charge in [-0.25, -0.2) is 14.2 Å². The number of benzene rings is 1. The minimum Gasteiger partial charge on any atom is -0.478 e. The topological polar surface area (TPSA) is 55.1 Å². The zero-order valence-electron chi connectivity index (χ0n) is 10.8. The summed E-state index contributed by atoms with van der Waals surface area (Å²) < 4.78 is 15.6. The lowest BCUT2D eigenvalue weighted by molar-refractivity contribution is 0.0696. The number of carboxylic acids is 1. The van der Waals surface area contributed by atoms with Crippen molar-refractivity contribution in [2.24, 2.45) is 0 Å². The number of aromatic nitrogens is 2. The lowest BCUT2D eigenvalue weighted by Gasteiger charge is -2.11. The molecule has 0 unspecified atom stereocenters. The molecule has 2 aromatic rings. The van der Waals surface area contributed by atoms with Crippen molar-refractivity contribution < 1.29 is 14.3 Å². The van der Waals surface area contributed by atoms with Crippen LogP contribution in [0, 0.1) is 5.82 Å². The van der Waals surface area contributed by atoms with Crippen LogP contribution in [0.5, 0.6) is 0 Å². The van der Waals surface area contributed by atoms with Crippen molar-refractivity contribution in [3.05, 3.63) is 53.4 Å². The number of aromatic carboxylic acids is 1. The first kappa shape index (κ1) is 13.3. The Hall–Kier alpha value is -2.17. The van der Waals surface area contributed by atoms with Crippen LogP contribution in [-0.2, 0) is 6.54 Å². The molecule has 19 heavy (non-hydrogen) atoms. The Bertz CT molecular complexity index is 605. The standard InChI is InChI=1S/C14H15FN2O2/c1-9(2)13-16-5-6-17(13)8-11-7-10(14(18)19)3-4-12(11)15/h3-7,9H,8H2,1-2H3,(H,18,19). The molecule has 1 aromatic carbocycles. The fourth-order valence-corrected chi connectivity index (χ4v) is 1.97. The van der Waals surface area contributed by atoms with E-state index >= 15 is 0 Å². The average molecular weight is 262 g/mol. The van der Waals surface area contributed by atoms with Crippen LogP contribution in [-0.4, -0.2) is 20.6 Å². The van der Waals surface area contributed by atoms with Crippen LogP contribution >= 0.6 is 0 Å². The molecule has 0 aliphatic rings. The highest BCUT2D eigenvalue weighted by atomic mass is 19.1. The highest BCUT2D eigenvalue weighted by molar-refractivity contribution is 5.87. The van der Waals surface area contributed by atoms with Gasteiger partial charge < -0.3 is 9.67 Å². The summed E-state index contributed by atoms with van der Waals surface area (Å²) >= 11 is 0. The Balaban J connectivity index is 2.35. The van der Waals surface area contributed by atoms with E-state index in [9.17, 15) is 9.18 Å². The van der Waals surface area contributed by atoms with E-state index in [0.717, 1.165) is 5.82 Å². The molecule has 0 amide bonds. The molecular formula is C14H15FN2O2. The summed E-state index contributed by atoms with van der Waals surface area (Å²) in [6.07, 6.45) is 3.43. The van der Waals surface area contributed by atoms with Crippen molar-refractivity contribution in [2.45, 2.75) is 26.3 Å². The highest BCUT2D eigenvalue weighted by Gasteiger charge is 2.12. The van der Waals surface area contributed by atoms with Crippen molar-refractivity contribution >= 4 is 5.97 Å². The normalized spacial score (nSPS) is 10.9. The molecule has 0 saturated carbocycles. The summed E-state index contributed by atoms with van der Waals surface area (Å²) in [5.74, 6) is -0.398. The molecule has 0 aliphatic carbocycles. The number of hydrogen-bond donors (Lipinski definition) is 1. The predicted octanol–water partition coefficient (Wildman–Crippen LogP) is 2.89. The minimum atomic E-state index is -1.06. The van der Waals surface area contributed by atoms with Crippen LogP contribution in [0.2, 0.25) is 0 Å². The van der Waals surface area contributed by atoms with Gasteiger partial charge in [0.15, 0.2) is 0 Å². The Morgan fingerprint density at radius 1 is 1.47 bits per heavy atom. The Morgan fingerprint density at radius 3 is 2.84 bits per heavy atom. The molecule has 1 heterocycles. The molecular weight excluding hydrogens is 247 g/mol. The number of carboxylic acid groups (broad SMARTS) is 1. The van der Waals surface area contributed by atoms with Crippen LogP contribution in [0.4, 0.5) is 4.39 Å². The molecule has 0 fully saturated rings. The fourth-order valence-electron chi connectivity index (χ4n) is 1.97. The van der Waals surface area contributed by atoms with Gasteiger partial charge in [0.05, 0.1) is 12.1 Å². The number of halogens is 1. The molecule has 4 nitrogen and oxygen atoms in total. The molecule has 0 saturated heterocycles. The van der Waals surface area contributed by atoms with E-state index in [1.807, 2.05) is 18.4 Å². The Labute approximate surface area is 110 Å². The third kappa shape index (κ3) is 2.81. The zero-order chi connectivity index (χ0) is 14.0. The molecule has 2 rings (SSSR count). The lowest BCUT2D eigenvalue weighted by Crippen LogP contribution is -2.08. The highest BCUT2D eigenvalue weighted by Crippen LogP contribution is 2.17. The number of carbonyl (C=O) groups is 1. The quantitative estimate of drug-likeness (QED) is 0.921. The van der Waals surface area contributed by atoms with Crippen LogP contribution in [0.1, 0.15) is 41.5 Å². The molecule has 1 N–H and O–H groups in total. The fraction of sp³-hybridized carbons (Fsp3) is 0.286. The van der Waals surface area contributed by atoms with E-state index in [2.05, 4.69) is 4.98 Å². The van der Waals surface area contributed by atoms with Crippen LogP contribution in [0.3, 0.4) is 0 Å². The summed E-state index contributed by atoms with van der Waals surface area (Å²) in [7, 11) is 0. The molecule has 1 aromatic heterocycles. The first-order chi connectivity index (χ1) is 8.99. The van der Waals surface area contributed by atoms with Crippen molar-refractivity contribution in [3.63, 3.8) is 0 Å². The molecule has 0 spiro atoms. The van der Waals surface area contributed by atoms with Gasteiger partial charge in [0.25, 0.3) is 0 Å². The van der Waals surface area contributed by atoms with E-state index in [-0.39, 0.29) is 18.0 Å². The monoisotopic (exact) mass is 262 g/mol. The predicted molar refractivity (Wildman–Crippen MR) is 68.8 cm³/mol. The number of imidazole rings is 1. The minimum absolute atomic E-state index is 0.0858. The molecule has 5 heteroatoms. The maximum atomic E-state index is 13.7. The van der Waals surface area contributed by atoms with Crippen molar-refractivity contribution in [1.29, 1.82) is 0 Å². The molecule has 0 aliphatic heterocycles. The Morgan fingerprint density at radius 2 is 2.21 bits per heavy atom. The molecule has 0 radical (unpaired) electrons. The third-order valence-electron chi connectivity index (χ3n) is 2.90. The van der Waals surface area contributed by atoms with E-state index in [0.29, 0.717) is 5.56 Å². The summed E-state index contributed by atoms with van der Waals surface area (Å²) in [6, 6.07) is 3.81. The van der Waals surface area contributed by atoms with E-state index in [1.54, 1.807) is 12.4 Å². The Kier molecular flexibility index (Phi) is 3.64. The largest absolute Gasteiger partial charge is 0.478 e. The molecule has 0 bridgehead atoms. The first-order valence-electron chi connectivity index (χ1n) is 6.01. The maximum absolute atomic E-state index is 13.7. The second-order valence-corrected chi connectivity index (χ2v) is 4.68. The van der Waals surface area contributed by atoms with E-state index in [4.69, 9.17) is 5.11 Å². The SMILES string of the molecule is CC(C)c1nccn1Cc1cc(C(=O)O)ccc1F. The van der Waals surface area contributed by atoms with Crippen LogP contribution in [0.25, 0.3) is 0 Å². The van der Waals surface area contributed by atoms with Gasteiger partial charge in [-0.15, -0.1) is 0 Å². The van der Waals surface area contributed by atoms with Gasteiger partial charge >= 0.3 is 5.97 Å². The van der Waals surface area contributed by atoms with Gasteiger partial charge in [-0.05, 0) is 18.2 Å². The van der Waals surface area contributed by atoms with E-state index in [1.165, 1.54) is 18.2 Å². The lowest BCUT2D eigenvalue weighted by atomic mass is 10.1. The smallest absolute Gasteiger partial charge is 0.335 e. The van der Waals surface area contributed by atoms with Crippen molar-refractivity contribution in [2.75, 3.05) is 0 Å². The van der Waals surface area contributed by atoms with Gasteiger partial charge in [-0.3, -0.25) is 0 Å². The van der Waals surface area contributed by atoms with Crippen LogP contribution < -0.4 is 0 Å². The number of nitrogens with zero attached hydrogens (tertiary/aromatic N) is 2. The van der Waals surface area contributed by atoms with Crippen molar-refractivity contribution in [1.82, 2.24) is 9.55 Å². The number of hydrogen-bond acceptors (Lipinski definition) is 2. The summed E-state index contributed by atoms with van der Waals surface area (Å²) in [5, 5.41) is 8.93. The summed E-state index contributed by atoms with van der Waals surface area (Å²) in [6.45, 7) is 4.28. The van der Waals surface area contributed by atoms with Gasteiger partial charge in [-0.2, -0.15) is 0 Å². The second-order valence-electron chi connectivity index (χ2n) is 4.68. The second kappa shape index (κ2) is 5.22. The average Bonchev–Trinajstić information content (AvgIpc) is 2.80. The van der Waals surface area contributed by atoms with Gasteiger partial charge in [0.1, 0.15) is 11.6 Å².